The molecule has 0 atom stereocenters. The Morgan fingerprint density at radius 3 is 2.85 bits per heavy atom. The van der Waals surface area contributed by atoms with Crippen molar-refractivity contribution in [2.24, 2.45) is 0 Å². The Hall–Kier alpha value is -2.90. The van der Waals surface area contributed by atoms with Crippen LogP contribution in [0.1, 0.15) is 14.5 Å². The van der Waals surface area contributed by atoms with Crippen molar-refractivity contribution >= 4 is 39.9 Å². The molecule has 4 rings (SSSR count). The summed E-state index contributed by atoms with van der Waals surface area (Å²) in [6.07, 6.45) is 3.35. The molecule has 0 spiro atoms. The second kappa shape index (κ2) is 7.02. The van der Waals surface area contributed by atoms with Crippen LogP contribution in [0.3, 0.4) is 0 Å². The maximum absolute atomic E-state index is 11.9. The van der Waals surface area contributed by atoms with Crippen molar-refractivity contribution in [1.82, 2.24) is 20.1 Å². The fourth-order valence-electron chi connectivity index (χ4n) is 2.71. The number of aromatic nitrogens is 3. The summed E-state index contributed by atoms with van der Waals surface area (Å²) in [5.74, 6) is 1.02. The molecule has 0 aliphatic heterocycles. The fourth-order valence-corrected chi connectivity index (χ4v) is 3.82. The van der Waals surface area contributed by atoms with E-state index >= 15 is 0 Å². The van der Waals surface area contributed by atoms with Crippen molar-refractivity contribution in [3.63, 3.8) is 0 Å². The number of carbonyl (C=O) groups is 1. The van der Waals surface area contributed by atoms with E-state index < -0.39 is 0 Å². The van der Waals surface area contributed by atoms with Gasteiger partial charge in [-0.3, -0.25) is 4.79 Å². The molecule has 1 N–H and O–H groups in total. The zero-order valence-electron chi connectivity index (χ0n) is 14.6. The normalized spacial score (nSPS) is 10.9. The highest BCUT2D eigenvalue weighted by Gasteiger charge is 2.16. The lowest BCUT2D eigenvalue weighted by molar-refractivity contribution is 0.0967. The lowest BCUT2D eigenvalue weighted by atomic mass is 10.3. The Morgan fingerprint density at radius 1 is 1.26 bits per heavy atom. The second-order valence-electron chi connectivity index (χ2n) is 5.80. The van der Waals surface area contributed by atoms with E-state index in [0.29, 0.717) is 27.0 Å². The minimum Gasteiger partial charge on any atom is -0.454 e. The molecule has 3 heterocycles. The van der Waals surface area contributed by atoms with E-state index in [1.54, 1.807) is 36.3 Å². The predicted molar refractivity (Wildman–Crippen MR) is 106 cm³/mol. The number of para-hydroxylation sites is 1. The summed E-state index contributed by atoms with van der Waals surface area (Å²) in [6, 6.07) is 10.9. The standard InChI is InChI=1S/C19H15ClN4O2S/c1-11-15(8-17(27-11)19(25)21-2)24-18-12(9-23-24)7-13(10-22-18)26-16-6-4-3-5-14(16)20/h3-10H,1-2H3,(H,21,25). The molecule has 0 saturated heterocycles. The smallest absolute Gasteiger partial charge is 0.261 e. The third kappa shape index (κ3) is 3.27. The van der Waals surface area contributed by atoms with Gasteiger partial charge in [-0.05, 0) is 31.2 Å². The molecule has 0 bridgehead atoms. The van der Waals surface area contributed by atoms with E-state index in [1.165, 1.54) is 11.3 Å². The first-order valence-corrected chi connectivity index (χ1v) is 9.35. The zero-order valence-corrected chi connectivity index (χ0v) is 16.1. The van der Waals surface area contributed by atoms with Gasteiger partial charge in [0.1, 0.15) is 11.5 Å². The molecular weight excluding hydrogens is 384 g/mol. The highest BCUT2D eigenvalue weighted by Crippen LogP contribution is 2.31. The van der Waals surface area contributed by atoms with Crippen molar-refractivity contribution in [1.29, 1.82) is 0 Å². The third-order valence-corrected chi connectivity index (χ3v) is 5.37. The van der Waals surface area contributed by atoms with E-state index in [2.05, 4.69) is 15.4 Å². The van der Waals surface area contributed by atoms with Crippen LogP contribution in [0.15, 0.2) is 48.8 Å². The number of amides is 1. The summed E-state index contributed by atoms with van der Waals surface area (Å²) >= 11 is 7.56. The van der Waals surface area contributed by atoms with Gasteiger partial charge < -0.3 is 10.1 Å². The number of carbonyl (C=O) groups excluding carboxylic acids is 1. The van der Waals surface area contributed by atoms with Gasteiger partial charge in [0.25, 0.3) is 5.91 Å². The Labute approximate surface area is 164 Å². The van der Waals surface area contributed by atoms with E-state index in [9.17, 15) is 4.79 Å². The van der Waals surface area contributed by atoms with Crippen LogP contribution in [0, 0.1) is 6.92 Å². The fraction of sp³-hybridized carbons (Fsp3) is 0.105. The summed E-state index contributed by atoms with van der Waals surface area (Å²) in [6.45, 7) is 1.95. The summed E-state index contributed by atoms with van der Waals surface area (Å²) in [7, 11) is 1.61. The van der Waals surface area contributed by atoms with Gasteiger partial charge in [0.05, 0.1) is 28.0 Å². The van der Waals surface area contributed by atoms with Gasteiger partial charge in [-0.1, -0.05) is 23.7 Å². The number of nitrogens with zero attached hydrogens (tertiary/aromatic N) is 3. The zero-order chi connectivity index (χ0) is 19.0. The molecule has 8 heteroatoms. The van der Waals surface area contributed by atoms with Gasteiger partial charge in [0, 0.05) is 17.3 Å². The van der Waals surface area contributed by atoms with Crippen LogP contribution >= 0.6 is 22.9 Å². The summed E-state index contributed by atoms with van der Waals surface area (Å²) in [5.41, 5.74) is 1.52. The molecule has 4 aromatic rings. The third-order valence-electron chi connectivity index (χ3n) is 4.02. The van der Waals surface area contributed by atoms with Gasteiger partial charge >= 0.3 is 0 Å². The Balaban J connectivity index is 1.70. The lowest BCUT2D eigenvalue weighted by Gasteiger charge is -2.07. The van der Waals surface area contributed by atoms with Crippen molar-refractivity contribution in [2.45, 2.75) is 6.92 Å². The number of benzene rings is 1. The lowest BCUT2D eigenvalue weighted by Crippen LogP contribution is -2.16. The largest absolute Gasteiger partial charge is 0.454 e. The number of halogens is 1. The first-order valence-electron chi connectivity index (χ1n) is 8.16. The highest BCUT2D eigenvalue weighted by molar-refractivity contribution is 7.14. The van der Waals surface area contributed by atoms with Gasteiger partial charge in [0.2, 0.25) is 0 Å². The van der Waals surface area contributed by atoms with E-state index in [4.69, 9.17) is 16.3 Å². The van der Waals surface area contributed by atoms with Gasteiger partial charge in [-0.2, -0.15) is 5.10 Å². The molecule has 0 radical (unpaired) electrons. The Morgan fingerprint density at radius 2 is 2.07 bits per heavy atom. The van der Waals surface area contributed by atoms with Crippen molar-refractivity contribution in [3.05, 3.63) is 63.6 Å². The number of hydrogen-bond acceptors (Lipinski definition) is 5. The first kappa shape index (κ1) is 17.5. The monoisotopic (exact) mass is 398 g/mol. The van der Waals surface area contributed by atoms with Crippen LogP contribution < -0.4 is 10.1 Å². The molecule has 0 fully saturated rings. The summed E-state index contributed by atoms with van der Waals surface area (Å²) in [4.78, 5) is 18.0. The minimum absolute atomic E-state index is 0.116. The topological polar surface area (TPSA) is 69.0 Å². The van der Waals surface area contributed by atoms with Crippen LogP contribution in [0.4, 0.5) is 0 Å². The maximum Gasteiger partial charge on any atom is 0.261 e. The second-order valence-corrected chi connectivity index (χ2v) is 7.47. The Bertz CT molecular complexity index is 1150. The van der Waals surface area contributed by atoms with E-state index in [-0.39, 0.29) is 5.91 Å². The van der Waals surface area contributed by atoms with Crippen molar-refractivity contribution in [2.75, 3.05) is 7.05 Å². The Kier molecular flexibility index (Phi) is 4.55. The molecular formula is C19H15ClN4O2S. The minimum atomic E-state index is -0.116. The number of rotatable bonds is 4. The van der Waals surface area contributed by atoms with Crippen LogP contribution in [-0.4, -0.2) is 27.7 Å². The van der Waals surface area contributed by atoms with Crippen LogP contribution in [-0.2, 0) is 0 Å². The highest BCUT2D eigenvalue weighted by atomic mass is 35.5. The molecule has 136 valence electrons. The molecule has 6 nitrogen and oxygen atoms in total. The molecule has 0 unspecified atom stereocenters. The van der Waals surface area contributed by atoms with Crippen LogP contribution in [0.2, 0.25) is 5.02 Å². The van der Waals surface area contributed by atoms with Gasteiger partial charge in [0.15, 0.2) is 5.65 Å². The average molecular weight is 399 g/mol. The summed E-state index contributed by atoms with van der Waals surface area (Å²) in [5, 5.41) is 8.43. The number of fused-ring (bicyclic) bond motifs is 1. The number of thiophene rings is 1. The number of pyridine rings is 1. The average Bonchev–Trinajstić information content (AvgIpc) is 3.25. The SMILES string of the molecule is CNC(=O)c1cc(-n2ncc3cc(Oc4ccccc4Cl)cnc32)c(C)s1. The van der Waals surface area contributed by atoms with Crippen molar-refractivity contribution < 1.29 is 9.53 Å². The molecule has 1 aromatic carbocycles. The molecule has 1 amide bonds. The first-order chi connectivity index (χ1) is 13.1. The predicted octanol–water partition coefficient (Wildman–Crippen LogP) is 4.60. The van der Waals surface area contributed by atoms with E-state index in [1.807, 2.05) is 31.2 Å². The number of nitrogens with one attached hydrogen (secondary N) is 1. The molecule has 0 aliphatic carbocycles. The van der Waals surface area contributed by atoms with Gasteiger partial charge in [-0.15, -0.1) is 11.3 Å². The van der Waals surface area contributed by atoms with Crippen LogP contribution in [0.25, 0.3) is 16.7 Å². The molecule has 0 aliphatic rings. The summed E-state index contributed by atoms with van der Waals surface area (Å²) < 4.78 is 7.55. The number of aryl methyl sites for hydroxylation is 1. The number of ether oxygens (including phenoxy) is 1. The van der Waals surface area contributed by atoms with Gasteiger partial charge in [-0.25, -0.2) is 9.67 Å². The van der Waals surface area contributed by atoms with Crippen molar-refractivity contribution in [3.8, 4) is 17.2 Å². The molecule has 0 saturated carbocycles. The maximum atomic E-state index is 11.9. The quantitative estimate of drug-likeness (QED) is 0.545. The van der Waals surface area contributed by atoms with E-state index in [0.717, 1.165) is 16.0 Å². The number of hydrogen-bond donors (Lipinski definition) is 1. The molecule has 27 heavy (non-hydrogen) atoms. The van der Waals surface area contributed by atoms with Crippen LogP contribution in [0.5, 0.6) is 11.5 Å². The molecule has 3 aromatic heterocycles.